The van der Waals surface area contributed by atoms with Gasteiger partial charge in [-0.3, -0.25) is 9.67 Å². The van der Waals surface area contributed by atoms with Crippen LogP contribution in [0.3, 0.4) is 0 Å². The van der Waals surface area contributed by atoms with Gasteiger partial charge in [0.1, 0.15) is 12.4 Å². The first-order valence-electron chi connectivity index (χ1n) is 10.5. The van der Waals surface area contributed by atoms with E-state index in [1.54, 1.807) is 12.4 Å². The molecule has 7 heteroatoms. The van der Waals surface area contributed by atoms with Crippen molar-refractivity contribution in [1.29, 1.82) is 0 Å². The fourth-order valence-electron chi connectivity index (χ4n) is 3.78. The number of ether oxygens (including phenoxy) is 1. The minimum absolute atomic E-state index is 0.229. The summed E-state index contributed by atoms with van der Waals surface area (Å²) >= 11 is 0. The Morgan fingerprint density at radius 3 is 2.60 bits per heavy atom. The average Bonchev–Trinajstić information content (AvgIpc) is 3.46. The molecule has 0 unspecified atom stereocenters. The van der Waals surface area contributed by atoms with Gasteiger partial charge in [0.25, 0.3) is 0 Å². The lowest BCUT2D eigenvalue weighted by atomic mass is 10.1. The molecule has 0 atom stereocenters. The minimum Gasteiger partial charge on any atom is -0.492 e. The first-order valence-corrected chi connectivity index (χ1v) is 10.5. The zero-order valence-electron chi connectivity index (χ0n) is 17.0. The van der Waals surface area contributed by atoms with E-state index < -0.39 is 0 Å². The highest BCUT2D eigenvalue weighted by Gasteiger charge is 2.22. The summed E-state index contributed by atoms with van der Waals surface area (Å²) in [7, 11) is 0. The van der Waals surface area contributed by atoms with Gasteiger partial charge in [0, 0.05) is 18.0 Å². The molecular formula is C23H27N5O2. The Kier molecular flexibility index (Phi) is 6.59. The van der Waals surface area contributed by atoms with Gasteiger partial charge in [0.05, 0.1) is 30.5 Å². The third-order valence-electron chi connectivity index (χ3n) is 5.26. The van der Waals surface area contributed by atoms with Crippen molar-refractivity contribution < 1.29 is 9.53 Å². The lowest BCUT2D eigenvalue weighted by Crippen LogP contribution is -2.37. The monoisotopic (exact) mass is 405 g/mol. The quantitative estimate of drug-likeness (QED) is 0.556. The van der Waals surface area contributed by atoms with Gasteiger partial charge in [-0.25, -0.2) is 4.79 Å². The molecule has 0 saturated heterocycles. The van der Waals surface area contributed by atoms with Crippen LogP contribution in [0.2, 0.25) is 0 Å². The predicted molar refractivity (Wildman–Crippen MR) is 115 cm³/mol. The number of rotatable bonds is 8. The van der Waals surface area contributed by atoms with Crippen LogP contribution in [-0.2, 0) is 6.54 Å². The van der Waals surface area contributed by atoms with Crippen molar-refractivity contribution in [2.75, 3.05) is 13.2 Å². The molecule has 1 fully saturated rings. The van der Waals surface area contributed by atoms with Crippen molar-refractivity contribution in [3.63, 3.8) is 0 Å². The molecule has 156 valence electrons. The number of nitrogens with zero attached hydrogens (tertiary/aromatic N) is 3. The van der Waals surface area contributed by atoms with Crippen LogP contribution in [0.1, 0.15) is 37.4 Å². The molecule has 7 nitrogen and oxygen atoms in total. The Morgan fingerprint density at radius 1 is 1.07 bits per heavy atom. The normalized spacial score (nSPS) is 13.9. The Balaban J connectivity index is 1.31. The topological polar surface area (TPSA) is 81.1 Å². The maximum Gasteiger partial charge on any atom is 0.315 e. The van der Waals surface area contributed by atoms with E-state index >= 15 is 0 Å². The maximum absolute atomic E-state index is 12.1. The molecule has 2 heterocycles. The number of hydrogen-bond acceptors (Lipinski definition) is 4. The van der Waals surface area contributed by atoms with Crippen molar-refractivity contribution in [3.05, 3.63) is 66.6 Å². The third kappa shape index (κ3) is 5.17. The number of para-hydroxylation sites is 1. The van der Waals surface area contributed by atoms with Crippen LogP contribution < -0.4 is 15.4 Å². The summed E-state index contributed by atoms with van der Waals surface area (Å²) in [4.78, 5) is 16.2. The molecule has 1 aliphatic carbocycles. The van der Waals surface area contributed by atoms with Gasteiger partial charge in [-0.15, -0.1) is 0 Å². The molecule has 2 aromatic heterocycles. The number of carbonyl (C=O) groups is 1. The lowest BCUT2D eigenvalue weighted by Gasteiger charge is -2.14. The maximum atomic E-state index is 12.1. The zero-order valence-corrected chi connectivity index (χ0v) is 17.0. The fraction of sp³-hybridized carbons (Fsp3) is 0.348. The first-order chi connectivity index (χ1) is 14.8. The van der Waals surface area contributed by atoms with Crippen LogP contribution in [0, 0.1) is 0 Å². The molecule has 4 rings (SSSR count). The average molecular weight is 406 g/mol. The van der Waals surface area contributed by atoms with Gasteiger partial charge in [0.2, 0.25) is 0 Å². The molecule has 2 N–H and O–H groups in total. The van der Waals surface area contributed by atoms with Crippen LogP contribution in [-0.4, -0.2) is 33.9 Å². The van der Waals surface area contributed by atoms with Gasteiger partial charge in [-0.05, 0) is 43.2 Å². The Morgan fingerprint density at radius 2 is 1.83 bits per heavy atom. The Hall–Kier alpha value is -3.35. The Labute approximate surface area is 176 Å². The number of carbonyl (C=O) groups excluding carboxylic acids is 1. The third-order valence-corrected chi connectivity index (χ3v) is 5.26. The molecule has 0 spiro atoms. The molecule has 0 radical (unpaired) electrons. The summed E-state index contributed by atoms with van der Waals surface area (Å²) in [5, 5.41) is 10.5. The second-order valence-electron chi connectivity index (χ2n) is 7.41. The summed E-state index contributed by atoms with van der Waals surface area (Å²) in [5.41, 5.74) is 3.03. The van der Waals surface area contributed by atoms with Crippen LogP contribution >= 0.6 is 0 Å². The second kappa shape index (κ2) is 9.91. The number of benzene rings is 1. The van der Waals surface area contributed by atoms with E-state index in [0.717, 1.165) is 35.5 Å². The fourth-order valence-corrected chi connectivity index (χ4v) is 3.78. The van der Waals surface area contributed by atoms with Crippen LogP contribution in [0.15, 0.2) is 60.9 Å². The molecule has 30 heavy (non-hydrogen) atoms. The SMILES string of the molecule is O=C(NCCOc1ccccc1)NCc1cc(-c2ccncc2)n(C2CCCC2)n1. The van der Waals surface area contributed by atoms with E-state index in [0.29, 0.717) is 25.7 Å². The van der Waals surface area contributed by atoms with Crippen molar-refractivity contribution in [2.45, 2.75) is 38.3 Å². The highest BCUT2D eigenvalue weighted by atomic mass is 16.5. The van der Waals surface area contributed by atoms with Crippen molar-refractivity contribution in [2.24, 2.45) is 0 Å². The first kappa shape index (κ1) is 19.9. The number of amides is 2. The van der Waals surface area contributed by atoms with Crippen LogP contribution in [0.4, 0.5) is 4.79 Å². The summed E-state index contributed by atoms with van der Waals surface area (Å²) in [6.45, 7) is 1.22. The molecule has 1 aromatic carbocycles. The van der Waals surface area contributed by atoms with E-state index in [1.165, 1.54) is 12.8 Å². The van der Waals surface area contributed by atoms with Crippen molar-refractivity contribution in [3.8, 4) is 17.0 Å². The zero-order chi connectivity index (χ0) is 20.6. The highest BCUT2D eigenvalue weighted by Crippen LogP contribution is 2.33. The van der Waals surface area contributed by atoms with E-state index in [1.807, 2.05) is 42.5 Å². The summed E-state index contributed by atoms with van der Waals surface area (Å²) < 4.78 is 7.71. The molecule has 2 amide bonds. The van der Waals surface area contributed by atoms with E-state index in [4.69, 9.17) is 9.84 Å². The second-order valence-corrected chi connectivity index (χ2v) is 7.41. The molecule has 0 aliphatic heterocycles. The molecular weight excluding hydrogens is 378 g/mol. The van der Waals surface area contributed by atoms with Gasteiger partial charge in [0.15, 0.2) is 0 Å². The largest absolute Gasteiger partial charge is 0.492 e. The van der Waals surface area contributed by atoms with Crippen molar-refractivity contribution in [1.82, 2.24) is 25.4 Å². The van der Waals surface area contributed by atoms with Crippen LogP contribution in [0.25, 0.3) is 11.3 Å². The standard InChI is InChI=1S/C23H27N5O2/c29-23(25-14-15-30-21-8-2-1-3-9-21)26-17-19-16-22(18-10-12-24-13-11-18)28(27-19)20-6-4-5-7-20/h1-3,8-13,16,20H,4-7,14-15,17H2,(H2,25,26,29). The number of urea groups is 1. The van der Waals surface area contributed by atoms with Gasteiger partial charge in [-0.1, -0.05) is 31.0 Å². The number of pyridine rings is 1. The summed E-state index contributed by atoms with van der Waals surface area (Å²) in [6, 6.07) is 15.8. The van der Waals surface area contributed by atoms with Gasteiger partial charge < -0.3 is 15.4 Å². The van der Waals surface area contributed by atoms with Gasteiger partial charge in [-0.2, -0.15) is 5.10 Å². The predicted octanol–water partition coefficient (Wildman–Crippen LogP) is 3.94. The number of aromatic nitrogens is 3. The van der Waals surface area contributed by atoms with Crippen molar-refractivity contribution >= 4 is 6.03 Å². The molecule has 1 aliphatic rings. The minimum atomic E-state index is -0.229. The highest BCUT2D eigenvalue weighted by molar-refractivity contribution is 5.73. The van der Waals surface area contributed by atoms with Crippen LogP contribution in [0.5, 0.6) is 5.75 Å². The molecule has 1 saturated carbocycles. The lowest BCUT2D eigenvalue weighted by molar-refractivity contribution is 0.236. The number of nitrogens with one attached hydrogen (secondary N) is 2. The molecule has 0 bridgehead atoms. The smallest absolute Gasteiger partial charge is 0.315 e. The number of hydrogen-bond donors (Lipinski definition) is 2. The molecule has 3 aromatic rings. The Bertz CT molecular complexity index is 937. The summed E-state index contributed by atoms with van der Waals surface area (Å²) in [6.07, 6.45) is 8.36. The van der Waals surface area contributed by atoms with Gasteiger partial charge >= 0.3 is 6.03 Å². The van der Waals surface area contributed by atoms with E-state index in [9.17, 15) is 4.79 Å². The van der Waals surface area contributed by atoms with E-state index in [2.05, 4.69) is 26.4 Å². The summed E-state index contributed by atoms with van der Waals surface area (Å²) in [5.74, 6) is 0.792. The van der Waals surface area contributed by atoms with E-state index in [-0.39, 0.29) is 6.03 Å².